The Balaban J connectivity index is 1.84. The average Bonchev–Trinajstić information content (AvgIpc) is 3.10. The highest BCUT2D eigenvalue weighted by Gasteiger charge is 2.14. The normalized spacial score (nSPS) is 10.7. The molecule has 5 nitrogen and oxygen atoms in total. The van der Waals surface area contributed by atoms with Crippen molar-refractivity contribution in [3.63, 3.8) is 0 Å². The van der Waals surface area contributed by atoms with Crippen LogP contribution in [0.15, 0.2) is 83.5 Å². The molecule has 0 bridgehead atoms. The number of non-ortho nitro benzene ring substituents is 1. The summed E-state index contributed by atoms with van der Waals surface area (Å²) in [5, 5.41) is 11.9. The Bertz CT molecular complexity index is 1050. The molecule has 0 unspecified atom stereocenters. The van der Waals surface area contributed by atoms with Crippen molar-refractivity contribution in [2.24, 2.45) is 0 Å². The Hall–Kier alpha value is -3.60. The predicted molar refractivity (Wildman–Crippen MR) is 94.8 cm³/mol. The minimum atomic E-state index is -0.410. The first kappa shape index (κ1) is 15.0. The zero-order chi connectivity index (χ0) is 17.2. The van der Waals surface area contributed by atoms with Gasteiger partial charge < -0.3 is 9.15 Å². The van der Waals surface area contributed by atoms with Gasteiger partial charge >= 0.3 is 0 Å². The summed E-state index contributed by atoms with van der Waals surface area (Å²) in [7, 11) is 0. The smallest absolute Gasteiger partial charge is 0.270 e. The Morgan fingerprint density at radius 3 is 2.52 bits per heavy atom. The zero-order valence-corrected chi connectivity index (χ0v) is 13.1. The highest BCUT2D eigenvalue weighted by Crippen LogP contribution is 2.36. The Kier molecular flexibility index (Phi) is 3.67. The van der Waals surface area contributed by atoms with Crippen LogP contribution in [0.4, 0.5) is 5.69 Å². The summed E-state index contributed by atoms with van der Waals surface area (Å²) in [6, 6.07) is 21.5. The molecule has 0 aliphatic heterocycles. The van der Waals surface area contributed by atoms with E-state index in [-0.39, 0.29) is 5.69 Å². The number of hydrogen-bond donors (Lipinski definition) is 0. The second-order valence-corrected chi connectivity index (χ2v) is 5.53. The fourth-order valence-corrected chi connectivity index (χ4v) is 2.74. The molecule has 0 radical (unpaired) electrons. The number of fused-ring (bicyclic) bond motifs is 1. The van der Waals surface area contributed by atoms with E-state index in [1.807, 2.05) is 54.6 Å². The molecular weight excluding hydrogens is 318 g/mol. The molecule has 1 heterocycles. The number of ether oxygens (including phenoxy) is 1. The molecule has 5 heteroatoms. The van der Waals surface area contributed by atoms with Crippen LogP contribution in [0.1, 0.15) is 0 Å². The van der Waals surface area contributed by atoms with Crippen LogP contribution in [0.25, 0.3) is 22.1 Å². The van der Waals surface area contributed by atoms with E-state index in [2.05, 4.69) is 0 Å². The topological polar surface area (TPSA) is 65.5 Å². The molecule has 0 amide bonds. The van der Waals surface area contributed by atoms with E-state index in [0.29, 0.717) is 16.9 Å². The maximum Gasteiger partial charge on any atom is 0.270 e. The lowest BCUT2D eigenvalue weighted by atomic mass is 10.0. The summed E-state index contributed by atoms with van der Waals surface area (Å²) in [5.74, 6) is 1.36. The first-order valence-electron chi connectivity index (χ1n) is 7.70. The van der Waals surface area contributed by atoms with Gasteiger partial charge in [0.2, 0.25) is 0 Å². The number of nitro benzene ring substituents is 1. The number of nitro groups is 1. The van der Waals surface area contributed by atoms with E-state index in [1.165, 1.54) is 12.1 Å². The summed E-state index contributed by atoms with van der Waals surface area (Å²) in [5.41, 5.74) is 2.15. The molecular formula is C20H13NO4. The molecule has 1 aromatic heterocycles. The van der Waals surface area contributed by atoms with Crippen LogP contribution in [-0.4, -0.2) is 4.92 Å². The fourth-order valence-electron chi connectivity index (χ4n) is 2.74. The van der Waals surface area contributed by atoms with Crippen molar-refractivity contribution in [3.8, 4) is 22.6 Å². The largest absolute Gasteiger partial charge is 0.464 e. The lowest BCUT2D eigenvalue weighted by molar-refractivity contribution is -0.384. The minimum Gasteiger partial charge on any atom is -0.464 e. The number of benzene rings is 3. The van der Waals surface area contributed by atoms with E-state index in [4.69, 9.17) is 9.15 Å². The van der Waals surface area contributed by atoms with Gasteiger partial charge in [-0.3, -0.25) is 10.1 Å². The van der Waals surface area contributed by atoms with Gasteiger partial charge in [0.1, 0.15) is 17.1 Å². The van der Waals surface area contributed by atoms with E-state index in [0.717, 1.165) is 16.7 Å². The third kappa shape index (κ3) is 2.95. The monoisotopic (exact) mass is 331 g/mol. The van der Waals surface area contributed by atoms with Crippen molar-refractivity contribution in [1.29, 1.82) is 0 Å². The standard InChI is InChI=1S/C20H13NO4/c22-21(23)16-6-4-5-14(11-16)19-13-18(12-15-9-10-24-20(15)19)25-17-7-2-1-3-8-17/h1-13H. The van der Waals surface area contributed by atoms with Crippen molar-refractivity contribution in [1.82, 2.24) is 0 Å². The summed E-state index contributed by atoms with van der Waals surface area (Å²) in [4.78, 5) is 10.7. The van der Waals surface area contributed by atoms with E-state index < -0.39 is 4.92 Å². The Morgan fingerprint density at radius 1 is 0.880 bits per heavy atom. The van der Waals surface area contributed by atoms with Crippen LogP contribution in [0, 0.1) is 10.1 Å². The second-order valence-electron chi connectivity index (χ2n) is 5.53. The molecule has 0 aliphatic carbocycles. The van der Waals surface area contributed by atoms with Gasteiger partial charge in [-0.1, -0.05) is 30.3 Å². The second kappa shape index (κ2) is 6.13. The van der Waals surface area contributed by atoms with Crippen LogP contribution in [-0.2, 0) is 0 Å². The summed E-state index contributed by atoms with van der Waals surface area (Å²) < 4.78 is 11.5. The third-order valence-corrected chi connectivity index (χ3v) is 3.87. The summed E-state index contributed by atoms with van der Waals surface area (Å²) in [6.07, 6.45) is 1.60. The molecule has 0 saturated heterocycles. The van der Waals surface area contributed by atoms with Crippen molar-refractivity contribution in [2.45, 2.75) is 0 Å². The van der Waals surface area contributed by atoms with Gasteiger partial charge in [-0.2, -0.15) is 0 Å². The molecule has 4 aromatic rings. The van der Waals surface area contributed by atoms with Crippen LogP contribution in [0.3, 0.4) is 0 Å². The number of nitrogens with zero attached hydrogens (tertiary/aromatic N) is 1. The van der Waals surface area contributed by atoms with Gasteiger partial charge in [0.05, 0.1) is 11.2 Å². The molecule has 4 rings (SSSR count). The number of hydrogen-bond acceptors (Lipinski definition) is 4. The predicted octanol–water partition coefficient (Wildman–Crippen LogP) is 5.80. The van der Waals surface area contributed by atoms with Gasteiger partial charge in [-0.25, -0.2) is 0 Å². The fraction of sp³-hybridized carbons (Fsp3) is 0. The van der Waals surface area contributed by atoms with E-state index in [1.54, 1.807) is 12.3 Å². The van der Waals surface area contributed by atoms with Gasteiger partial charge in [0, 0.05) is 23.1 Å². The van der Waals surface area contributed by atoms with Crippen molar-refractivity contribution in [2.75, 3.05) is 0 Å². The molecule has 0 aliphatic rings. The van der Waals surface area contributed by atoms with Crippen molar-refractivity contribution >= 4 is 16.7 Å². The average molecular weight is 331 g/mol. The SMILES string of the molecule is O=[N+]([O-])c1cccc(-c2cc(Oc3ccccc3)cc3ccoc23)c1. The highest BCUT2D eigenvalue weighted by atomic mass is 16.6. The molecule has 3 aromatic carbocycles. The molecule has 0 fully saturated rings. The molecule has 0 saturated carbocycles. The molecule has 0 atom stereocenters. The Labute approximate surface area is 143 Å². The molecule has 0 spiro atoms. The molecule has 122 valence electrons. The third-order valence-electron chi connectivity index (χ3n) is 3.87. The van der Waals surface area contributed by atoms with Crippen molar-refractivity contribution in [3.05, 3.63) is 89.2 Å². The first-order chi connectivity index (χ1) is 12.2. The van der Waals surface area contributed by atoms with Crippen LogP contribution in [0.5, 0.6) is 11.5 Å². The van der Waals surface area contributed by atoms with Crippen LogP contribution >= 0.6 is 0 Å². The lowest BCUT2D eigenvalue weighted by Crippen LogP contribution is -1.89. The van der Waals surface area contributed by atoms with Gasteiger partial charge in [-0.05, 0) is 35.9 Å². The number of furan rings is 1. The Morgan fingerprint density at radius 2 is 1.72 bits per heavy atom. The number of para-hydroxylation sites is 1. The van der Waals surface area contributed by atoms with E-state index >= 15 is 0 Å². The van der Waals surface area contributed by atoms with Crippen LogP contribution < -0.4 is 4.74 Å². The van der Waals surface area contributed by atoms with Gasteiger partial charge in [0.15, 0.2) is 0 Å². The van der Waals surface area contributed by atoms with E-state index in [9.17, 15) is 10.1 Å². The summed E-state index contributed by atoms with van der Waals surface area (Å²) >= 11 is 0. The van der Waals surface area contributed by atoms with Gasteiger partial charge in [0.25, 0.3) is 5.69 Å². The van der Waals surface area contributed by atoms with Crippen LogP contribution in [0.2, 0.25) is 0 Å². The quantitative estimate of drug-likeness (QED) is 0.350. The number of rotatable bonds is 4. The minimum absolute atomic E-state index is 0.0339. The molecule has 0 N–H and O–H groups in total. The maximum absolute atomic E-state index is 11.1. The van der Waals surface area contributed by atoms with Gasteiger partial charge in [-0.15, -0.1) is 0 Å². The zero-order valence-electron chi connectivity index (χ0n) is 13.1. The highest BCUT2D eigenvalue weighted by molar-refractivity contribution is 5.94. The first-order valence-corrected chi connectivity index (χ1v) is 7.70. The molecule has 25 heavy (non-hydrogen) atoms. The summed E-state index contributed by atoms with van der Waals surface area (Å²) in [6.45, 7) is 0. The maximum atomic E-state index is 11.1. The van der Waals surface area contributed by atoms with Crippen molar-refractivity contribution < 1.29 is 14.1 Å². The lowest BCUT2D eigenvalue weighted by Gasteiger charge is -2.09.